The first-order valence-electron chi connectivity index (χ1n) is 7.80. The molecule has 130 valence electrons. The van der Waals surface area contributed by atoms with Gasteiger partial charge in [0.05, 0.1) is 13.0 Å². The van der Waals surface area contributed by atoms with Gasteiger partial charge >= 0.3 is 11.9 Å². The third-order valence-corrected chi connectivity index (χ3v) is 3.85. The molecule has 3 rings (SSSR count). The monoisotopic (exact) mass is 344 g/mol. The zero-order valence-corrected chi connectivity index (χ0v) is 13.7. The fourth-order valence-electron chi connectivity index (χ4n) is 2.51. The van der Waals surface area contributed by atoms with E-state index in [0.29, 0.717) is 23.5 Å². The molecule has 0 spiro atoms. The lowest BCUT2D eigenvalue weighted by molar-refractivity contribution is -0.145. The molecule has 1 saturated heterocycles. The number of rotatable bonds is 6. The van der Waals surface area contributed by atoms with Crippen molar-refractivity contribution in [3.8, 4) is 5.75 Å². The van der Waals surface area contributed by atoms with Crippen LogP contribution in [0, 0.1) is 5.82 Å². The zero-order chi connectivity index (χ0) is 17.9. The summed E-state index contributed by atoms with van der Waals surface area (Å²) in [5.74, 6) is -0.838. The number of carbonyl (C=O) groups excluding carboxylic acids is 2. The first-order valence-corrected chi connectivity index (χ1v) is 7.80. The van der Waals surface area contributed by atoms with Crippen molar-refractivity contribution >= 4 is 11.9 Å². The molecule has 1 fully saturated rings. The molecule has 0 bridgehead atoms. The molecule has 25 heavy (non-hydrogen) atoms. The highest BCUT2D eigenvalue weighted by atomic mass is 19.1. The lowest BCUT2D eigenvalue weighted by atomic mass is 10.00. The summed E-state index contributed by atoms with van der Waals surface area (Å²) in [6.07, 6.45) is 0.0436. The van der Waals surface area contributed by atoms with Crippen molar-refractivity contribution in [1.82, 2.24) is 0 Å². The first-order chi connectivity index (χ1) is 12.0. The van der Waals surface area contributed by atoms with Crippen LogP contribution in [0.5, 0.6) is 5.75 Å². The van der Waals surface area contributed by atoms with Crippen LogP contribution in [0.4, 0.5) is 4.39 Å². The van der Waals surface area contributed by atoms with E-state index in [1.807, 2.05) is 0 Å². The predicted molar refractivity (Wildman–Crippen MR) is 86.4 cm³/mol. The maximum absolute atomic E-state index is 12.9. The molecule has 0 radical (unpaired) electrons. The Hall–Kier alpha value is -2.73. The van der Waals surface area contributed by atoms with Crippen LogP contribution in [-0.4, -0.2) is 25.2 Å². The van der Waals surface area contributed by atoms with E-state index >= 15 is 0 Å². The number of halogens is 1. The van der Waals surface area contributed by atoms with E-state index < -0.39 is 17.5 Å². The molecule has 0 saturated carbocycles. The Morgan fingerprint density at radius 2 is 1.84 bits per heavy atom. The van der Waals surface area contributed by atoms with Crippen molar-refractivity contribution in [3.63, 3.8) is 0 Å². The highest BCUT2D eigenvalue weighted by Crippen LogP contribution is 2.43. The number of carbonyl (C=O) groups is 2. The molecule has 5 nitrogen and oxygen atoms in total. The lowest BCUT2D eigenvalue weighted by Crippen LogP contribution is -2.22. The summed E-state index contributed by atoms with van der Waals surface area (Å²) in [5.41, 5.74) is 0.544. The molecule has 2 aromatic rings. The first kappa shape index (κ1) is 17.1. The van der Waals surface area contributed by atoms with E-state index in [2.05, 4.69) is 0 Å². The fraction of sp³-hybridized carbons (Fsp3) is 0.263. The third-order valence-electron chi connectivity index (χ3n) is 3.85. The predicted octanol–water partition coefficient (Wildman–Crippen LogP) is 2.76. The molecule has 0 N–H and O–H groups in total. The van der Waals surface area contributed by atoms with E-state index in [1.165, 1.54) is 31.2 Å². The molecule has 1 heterocycles. The minimum atomic E-state index is -0.787. The number of benzene rings is 2. The van der Waals surface area contributed by atoms with E-state index in [0.717, 1.165) is 0 Å². The minimum Gasteiger partial charge on any atom is -0.462 e. The average Bonchev–Trinajstić information content (AvgIpc) is 3.36. The van der Waals surface area contributed by atoms with Gasteiger partial charge in [-0.2, -0.15) is 0 Å². The van der Waals surface area contributed by atoms with Gasteiger partial charge < -0.3 is 14.2 Å². The quantitative estimate of drug-likeness (QED) is 0.458. The van der Waals surface area contributed by atoms with Gasteiger partial charge in [0.25, 0.3) is 0 Å². The van der Waals surface area contributed by atoms with Crippen LogP contribution in [0.25, 0.3) is 0 Å². The van der Waals surface area contributed by atoms with Crippen LogP contribution in [0.3, 0.4) is 0 Å². The molecule has 0 aliphatic carbocycles. The smallest absolute Gasteiger partial charge is 0.310 e. The molecule has 2 aromatic carbocycles. The number of para-hydroxylation sites is 1. The SMILES string of the molecule is CC(=O)Oc1ccccc1C1(COC(=O)Cc2ccc(F)cc2)CO1. The zero-order valence-electron chi connectivity index (χ0n) is 13.7. The Morgan fingerprint density at radius 3 is 2.48 bits per heavy atom. The number of ether oxygens (including phenoxy) is 3. The Balaban J connectivity index is 1.64. The van der Waals surface area contributed by atoms with Gasteiger partial charge in [-0.25, -0.2) is 4.39 Å². The highest BCUT2D eigenvalue weighted by molar-refractivity contribution is 5.73. The van der Waals surface area contributed by atoms with Crippen molar-refractivity contribution < 1.29 is 28.2 Å². The van der Waals surface area contributed by atoms with Crippen LogP contribution in [0.2, 0.25) is 0 Å². The summed E-state index contributed by atoms with van der Waals surface area (Å²) >= 11 is 0. The average molecular weight is 344 g/mol. The number of epoxide rings is 1. The molecule has 1 aliphatic rings. The summed E-state index contributed by atoms with van der Waals surface area (Å²) in [7, 11) is 0. The fourth-order valence-corrected chi connectivity index (χ4v) is 2.51. The maximum Gasteiger partial charge on any atom is 0.310 e. The van der Waals surface area contributed by atoms with Crippen molar-refractivity contribution in [2.45, 2.75) is 18.9 Å². The van der Waals surface area contributed by atoms with Gasteiger partial charge in [0.2, 0.25) is 0 Å². The minimum absolute atomic E-state index is 0.0192. The normalized spacial score (nSPS) is 18.5. The Kier molecular flexibility index (Phi) is 4.81. The summed E-state index contributed by atoms with van der Waals surface area (Å²) in [6, 6.07) is 12.7. The van der Waals surface area contributed by atoms with Crippen molar-refractivity contribution in [2.75, 3.05) is 13.2 Å². The largest absolute Gasteiger partial charge is 0.462 e. The standard InChI is InChI=1S/C19H17FO5/c1-13(21)25-17-5-3-2-4-16(17)19(12-24-19)11-23-18(22)10-14-6-8-15(20)9-7-14/h2-9H,10-12H2,1H3. The number of esters is 2. The Morgan fingerprint density at radius 1 is 1.16 bits per heavy atom. The molecule has 1 unspecified atom stereocenters. The summed E-state index contributed by atoms with van der Waals surface area (Å²) in [4.78, 5) is 23.2. The maximum atomic E-state index is 12.9. The third kappa shape index (κ3) is 4.22. The van der Waals surface area contributed by atoms with Crippen molar-refractivity contribution in [3.05, 3.63) is 65.5 Å². The second-order valence-electron chi connectivity index (χ2n) is 5.84. The lowest BCUT2D eigenvalue weighted by Gasteiger charge is -2.16. The molecule has 1 aliphatic heterocycles. The second kappa shape index (κ2) is 7.03. The summed E-state index contributed by atoms with van der Waals surface area (Å²) in [5, 5.41) is 0. The van der Waals surface area contributed by atoms with Gasteiger partial charge in [-0.1, -0.05) is 30.3 Å². The molecular weight excluding hydrogens is 327 g/mol. The van der Waals surface area contributed by atoms with E-state index in [-0.39, 0.29) is 18.8 Å². The van der Waals surface area contributed by atoms with Crippen molar-refractivity contribution in [1.29, 1.82) is 0 Å². The summed E-state index contributed by atoms with van der Waals surface area (Å²) in [6.45, 7) is 1.71. The molecule has 6 heteroatoms. The molecule has 0 amide bonds. The second-order valence-corrected chi connectivity index (χ2v) is 5.84. The number of hydrogen-bond donors (Lipinski definition) is 0. The van der Waals surface area contributed by atoms with E-state index in [4.69, 9.17) is 14.2 Å². The molecule has 0 aromatic heterocycles. The van der Waals surface area contributed by atoms with Gasteiger partial charge in [0.1, 0.15) is 18.2 Å². The van der Waals surface area contributed by atoms with Gasteiger partial charge in [-0.15, -0.1) is 0 Å². The van der Waals surface area contributed by atoms with Crippen molar-refractivity contribution in [2.24, 2.45) is 0 Å². The van der Waals surface area contributed by atoms with Crippen LogP contribution in [-0.2, 0) is 31.1 Å². The number of hydrogen-bond acceptors (Lipinski definition) is 5. The van der Waals surface area contributed by atoms with Crippen LogP contribution in [0.15, 0.2) is 48.5 Å². The van der Waals surface area contributed by atoms with Gasteiger partial charge in [-0.05, 0) is 23.8 Å². The van der Waals surface area contributed by atoms with Crippen LogP contribution in [0.1, 0.15) is 18.1 Å². The molecule has 1 atom stereocenters. The Labute approximate surface area is 144 Å². The molecular formula is C19H17FO5. The van der Waals surface area contributed by atoms with E-state index in [1.54, 1.807) is 24.3 Å². The van der Waals surface area contributed by atoms with Gasteiger partial charge in [0.15, 0.2) is 5.60 Å². The summed E-state index contributed by atoms with van der Waals surface area (Å²) < 4.78 is 28.9. The topological polar surface area (TPSA) is 65.1 Å². The van der Waals surface area contributed by atoms with Gasteiger partial charge in [0, 0.05) is 12.5 Å². The van der Waals surface area contributed by atoms with E-state index in [9.17, 15) is 14.0 Å². The highest BCUT2D eigenvalue weighted by Gasteiger charge is 2.50. The van der Waals surface area contributed by atoms with Crippen LogP contribution >= 0.6 is 0 Å². The van der Waals surface area contributed by atoms with Gasteiger partial charge in [-0.3, -0.25) is 9.59 Å². The van der Waals surface area contributed by atoms with Crippen LogP contribution < -0.4 is 4.74 Å². The Bertz CT molecular complexity index is 781.